The zero-order chi connectivity index (χ0) is 21.1. The molecule has 2 heterocycles. The summed E-state index contributed by atoms with van der Waals surface area (Å²) in [5, 5.41) is 9.74. The lowest BCUT2D eigenvalue weighted by molar-refractivity contribution is -0.116. The van der Waals surface area contributed by atoms with Crippen LogP contribution in [0.3, 0.4) is 0 Å². The van der Waals surface area contributed by atoms with Crippen LogP contribution < -0.4 is 5.32 Å². The van der Waals surface area contributed by atoms with Gasteiger partial charge in [0.1, 0.15) is 5.82 Å². The van der Waals surface area contributed by atoms with Crippen molar-refractivity contribution in [3.05, 3.63) is 81.6 Å². The van der Waals surface area contributed by atoms with Gasteiger partial charge in [-0.15, -0.1) is 11.3 Å². The van der Waals surface area contributed by atoms with Gasteiger partial charge in [-0.05, 0) is 61.1 Å². The normalized spacial score (nSPS) is 14.4. The van der Waals surface area contributed by atoms with E-state index in [0.29, 0.717) is 12.0 Å². The summed E-state index contributed by atoms with van der Waals surface area (Å²) >= 11 is 1.65. The third-order valence-corrected chi connectivity index (χ3v) is 6.36. The van der Waals surface area contributed by atoms with Gasteiger partial charge in [0, 0.05) is 16.0 Å². The van der Waals surface area contributed by atoms with Gasteiger partial charge in [-0.25, -0.2) is 9.07 Å². The van der Waals surface area contributed by atoms with Crippen LogP contribution >= 0.6 is 11.3 Å². The molecule has 1 aliphatic carbocycles. The van der Waals surface area contributed by atoms with Crippen LogP contribution in [0.4, 0.5) is 4.39 Å². The van der Waals surface area contributed by atoms with Gasteiger partial charge in [0.2, 0.25) is 0 Å². The molecule has 6 heteroatoms. The standard InChI is InChI=1S/C24H24FN3OS/c1-3-16-7-12-19(24(29)27-21(4-2)23-6-5-13-30-23)20-15-26-28(22(20)14-16)18-10-8-17(25)9-11-18/h5-6,8-15,21H,3-4,7H2,1-2H3,(H,27,29). The van der Waals surface area contributed by atoms with E-state index in [4.69, 9.17) is 0 Å². The summed E-state index contributed by atoms with van der Waals surface area (Å²) in [6.45, 7) is 4.17. The number of hydrogen-bond acceptors (Lipinski definition) is 3. The lowest BCUT2D eigenvalue weighted by Crippen LogP contribution is -2.28. The largest absolute Gasteiger partial charge is 0.344 e. The fourth-order valence-corrected chi connectivity index (χ4v) is 4.51. The molecule has 1 atom stereocenters. The van der Waals surface area contributed by atoms with E-state index in [1.54, 1.807) is 34.3 Å². The molecule has 1 aromatic carbocycles. The fourth-order valence-electron chi connectivity index (χ4n) is 3.65. The molecule has 4 nitrogen and oxygen atoms in total. The van der Waals surface area contributed by atoms with Crippen LogP contribution in [0.1, 0.15) is 55.3 Å². The molecule has 2 aromatic heterocycles. The first-order valence-corrected chi connectivity index (χ1v) is 11.1. The van der Waals surface area contributed by atoms with Crippen LogP contribution in [0.5, 0.6) is 0 Å². The summed E-state index contributed by atoms with van der Waals surface area (Å²) < 4.78 is 15.2. The summed E-state index contributed by atoms with van der Waals surface area (Å²) in [7, 11) is 0. The first-order valence-electron chi connectivity index (χ1n) is 10.2. The van der Waals surface area contributed by atoms with E-state index >= 15 is 0 Å². The number of carbonyl (C=O) groups is 1. The highest BCUT2D eigenvalue weighted by atomic mass is 32.1. The van der Waals surface area contributed by atoms with Gasteiger partial charge in [-0.3, -0.25) is 4.79 Å². The van der Waals surface area contributed by atoms with Crippen LogP contribution in [0.2, 0.25) is 0 Å². The average molecular weight is 422 g/mol. The first-order chi connectivity index (χ1) is 14.6. The van der Waals surface area contributed by atoms with Gasteiger partial charge in [0.05, 0.1) is 23.6 Å². The second-order valence-electron chi connectivity index (χ2n) is 7.26. The molecule has 1 N–H and O–H groups in total. The zero-order valence-electron chi connectivity index (χ0n) is 17.1. The van der Waals surface area contributed by atoms with Crippen molar-refractivity contribution < 1.29 is 9.18 Å². The number of halogens is 1. The Hall–Kier alpha value is -2.99. The van der Waals surface area contributed by atoms with Crippen LogP contribution in [-0.4, -0.2) is 15.7 Å². The SMILES string of the molecule is CCC1=Cc2c(cnn2-c2ccc(F)cc2)C(C(=O)NC(CC)c2cccs2)=CC1. The molecule has 1 aliphatic rings. The number of thiophene rings is 1. The van der Waals surface area contributed by atoms with Gasteiger partial charge >= 0.3 is 0 Å². The van der Waals surface area contributed by atoms with E-state index < -0.39 is 0 Å². The van der Waals surface area contributed by atoms with Crippen molar-refractivity contribution in [3.8, 4) is 5.69 Å². The molecular weight excluding hydrogens is 397 g/mol. The number of carbonyl (C=O) groups excluding carboxylic acids is 1. The molecule has 3 aromatic rings. The summed E-state index contributed by atoms with van der Waals surface area (Å²) in [6, 6.07) is 10.3. The van der Waals surface area contributed by atoms with Crippen LogP contribution in [-0.2, 0) is 4.79 Å². The number of rotatable bonds is 6. The van der Waals surface area contributed by atoms with E-state index in [1.807, 2.05) is 17.5 Å². The molecule has 0 fully saturated rings. The Bertz CT molecular complexity index is 1090. The first kappa shape index (κ1) is 20.3. The Morgan fingerprint density at radius 1 is 1.27 bits per heavy atom. The number of allylic oxidation sites excluding steroid dienone is 2. The zero-order valence-corrected chi connectivity index (χ0v) is 17.9. The molecular formula is C24H24FN3OS. The summed E-state index contributed by atoms with van der Waals surface area (Å²) in [4.78, 5) is 14.4. The van der Waals surface area contributed by atoms with Crippen molar-refractivity contribution in [2.24, 2.45) is 0 Å². The van der Waals surface area contributed by atoms with Crippen molar-refractivity contribution in [2.45, 2.75) is 39.2 Å². The van der Waals surface area contributed by atoms with E-state index in [0.717, 1.165) is 34.7 Å². The number of benzene rings is 1. The number of nitrogens with zero attached hydrogens (tertiary/aromatic N) is 2. The second-order valence-corrected chi connectivity index (χ2v) is 8.24. The van der Waals surface area contributed by atoms with E-state index in [2.05, 4.69) is 36.4 Å². The predicted molar refractivity (Wildman–Crippen MR) is 120 cm³/mol. The highest BCUT2D eigenvalue weighted by molar-refractivity contribution is 7.10. The molecule has 1 unspecified atom stereocenters. The Labute approximate surface area is 179 Å². The van der Waals surface area contributed by atoms with Gasteiger partial charge < -0.3 is 5.32 Å². The van der Waals surface area contributed by atoms with E-state index in [1.165, 1.54) is 17.7 Å². The van der Waals surface area contributed by atoms with E-state index in [9.17, 15) is 9.18 Å². The molecule has 0 saturated heterocycles. The predicted octanol–water partition coefficient (Wildman–Crippen LogP) is 5.92. The fraction of sp³-hybridized carbons (Fsp3) is 0.250. The summed E-state index contributed by atoms with van der Waals surface area (Å²) in [5.74, 6) is -0.387. The lowest BCUT2D eigenvalue weighted by atomic mass is 10.0. The van der Waals surface area contributed by atoms with Crippen molar-refractivity contribution in [2.75, 3.05) is 0 Å². The topological polar surface area (TPSA) is 46.9 Å². The van der Waals surface area contributed by atoms with Crippen molar-refractivity contribution >= 4 is 28.9 Å². The van der Waals surface area contributed by atoms with Gasteiger partial charge in [0.25, 0.3) is 5.91 Å². The molecule has 1 amide bonds. The molecule has 0 radical (unpaired) electrons. The highest BCUT2D eigenvalue weighted by Gasteiger charge is 2.24. The molecule has 0 aliphatic heterocycles. The number of nitrogens with one attached hydrogen (secondary N) is 1. The Kier molecular flexibility index (Phi) is 5.95. The van der Waals surface area contributed by atoms with E-state index in [-0.39, 0.29) is 17.8 Å². The number of fused-ring (bicyclic) bond motifs is 1. The Balaban J connectivity index is 1.71. The molecule has 0 saturated carbocycles. The monoisotopic (exact) mass is 421 g/mol. The smallest absolute Gasteiger partial charge is 0.252 e. The number of aromatic nitrogens is 2. The minimum atomic E-state index is -0.291. The van der Waals surface area contributed by atoms with Crippen molar-refractivity contribution in [3.63, 3.8) is 0 Å². The maximum Gasteiger partial charge on any atom is 0.252 e. The summed E-state index contributed by atoms with van der Waals surface area (Å²) in [5.41, 5.74) is 4.25. The van der Waals surface area contributed by atoms with Gasteiger partial charge in [0.15, 0.2) is 0 Å². The van der Waals surface area contributed by atoms with Crippen molar-refractivity contribution in [1.82, 2.24) is 15.1 Å². The van der Waals surface area contributed by atoms with Crippen LogP contribution in [0.15, 0.2) is 59.6 Å². The molecule has 154 valence electrons. The maximum absolute atomic E-state index is 13.4. The number of hydrogen-bond donors (Lipinski definition) is 1. The lowest BCUT2D eigenvalue weighted by Gasteiger charge is -2.17. The Morgan fingerprint density at radius 2 is 2.07 bits per heavy atom. The molecule has 30 heavy (non-hydrogen) atoms. The van der Waals surface area contributed by atoms with Gasteiger partial charge in [-0.1, -0.05) is 31.6 Å². The minimum absolute atomic E-state index is 0.0177. The third-order valence-electron chi connectivity index (χ3n) is 5.38. The third kappa shape index (κ3) is 4.00. The molecule has 0 bridgehead atoms. The molecule has 0 spiro atoms. The van der Waals surface area contributed by atoms with Crippen LogP contribution in [0.25, 0.3) is 17.3 Å². The highest BCUT2D eigenvalue weighted by Crippen LogP contribution is 2.31. The van der Waals surface area contributed by atoms with Gasteiger partial charge in [-0.2, -0.15) is 5.10 Å². The number of amides is 1. The molecule has 4 rings (SSSR count). The average Bonchev–Trinajstić information content (AvgIpc) is 3.39. The second kappa shape index (κ2) is 8.79. The van der Waals surface area contributed by atoms with Crippen molar-refractivity contribution in [1.29, 1.82) is 0 Å². The minimum Gasteiger partial charge on any atom is -0.344 e. The van der Waals surface area contributed by atoms with Crippen LogP contribution in [0, 0.1) is 5.82 Å². The maximum atomic E-state index is 13.4. The summed E-state index contributed by atoms with van der Waals surface area (Å²) in [6.07, 6.45) is 8.23. The quantitative estimate of drug-likeness (QED) is 0.537. The Morgan fingerprint density at radius 3 is 2.73 bits per heavy atom.